The minimum Gasteiger partial charge on any atom is -0.507 e. The van der Waals surface area contributed by atoms with Crippen LogP contribution in [0.2, 0.25) is 0 Å². The van der Waals surface area contributed by atoms with E-state index in [1.54, 1.807) is 12.1 Å². The maximum atomic E-state index is 11.7. The van der Waals surface area contributed by atoms with Gasteiger partial charge >= 0.3 is 0 Å². The molecule has 16 heavy (non-hydrogen) atoms. The van der Waals surface area contributed by atoms with E-state index < -0.39 is 10.0 Å². The zero-order valence-corrected chi connectivity index (χ0v) is 9.83. The van der Waals surface area contributed by atoms with Crippen molar-refractivity contribution in [1.82, 2.24) is 4.72 Å². The molecule has 1 aromatic carbocycles. The number of sulfonamides is 1. The van der Waals surface area contributed by atoms with Crippen molar-refractivity contribution in [1.29, 1.82) is 0 Å². The lowest BCUT2D eigenvalue weighted by molar-refractivity contribution is 0.153. The van der Waals surface area contributed by atoms with Gasteiger partial charge in [-0.25, -0.2) is 13.1 Å². The van der Waals surface area contributed by atoms with Crippen LogP contribution in [0.4, 0.5) is 0 Å². The molecule has 0 amide bonds. The standard InChI is InChI=1S/C10H15NO4S/c1-2-15-8-7-11-16(13,14)10-6-4-3-5-9(10)12/h3-6,11-12H,2,7-8H2,1H3. The van der Waals surface area contributed by atoms with Crippen molar-refractivity contribution in [3.63, 3.8) is 0 Å². The zero-order chi connectivity index (χ0) is 12.0. The Morgan fingerprint density at radius 3 is 2.69 bits per heavy atom. The predicted molar refractivity (Wildman–Crippen MR) is 59.8 cm³/mol. The third-order valence-electron chi connectivity index (χ3n) is 1.90. The second-order valence-electron chi connectivity index (χ2n) is 3.06. The lowest BCUT2D eigenvalue weighted by Gasteiger charge is -2.07. The first-order chi connectivity index (χ1) is 7.58. The van der Waals surface area contributed by atoms with Crippen LogP contribution in [0, 0.1) is 0 Å². The molecule has 2 N–H and O–H groups in total. The van der Waals surface area contributed by atoms with Crippen molar-refractivity contribution >= 4 is 10.0 Å². The van der Waals surface area contributed by atoms with Crippen LogP contribution in [-0.2, 0) is 14.8 Å². The monoisotopic (exact) mass is 245 g/mol. The van der Waals surface area contributed by atoms with Gasteiger partial charge in [-0.1, -0.05) is 12.1 Å². The van der Waals surface area contributed by atoms with E-state index in [0.717, 1.165) is 0 Å². The molecule has 6 heteroatoms. The SMILES string of the molecule is CCOCCNS(=O)(=O)c1ccccc1O. The van der Waals surface area contributed by atoms with Gasteiger partial charge in [-0.3, -0.25) is 0 Å². The number of hydrogen-bond acceptors (Lipinski definition) is 4. The Kier molecular flexibility index (Phi) is 4.72. The second-order valence-corrected chi connectivity index (χ2v) is 4.80. The lowest BCUT2D eigenvalue weighted by Crippen LogP contribution is -2.27. The van der Waals surface area contributed by atoms with Crippen LogP contribution in [0.15, 0.2) is 29.2 Å². The molecule has 0 aliphatic rings. The van der Waals surface area contributed by atoms with E-state index in [1.165, 1.54) is 12.1 Å². The third kappa shape index (κ3) is 3.48. The van der Waals surface area contributed by atoms with Gasteiger partial charge in [-0.15, -0.1) is 0 Å². The molecule has 0 saturated carbocycles. The smallest absolute Gasteiger partial charge is 0.244 e. The van der Waals surface area contributed by atoms with E-state index in [2.05, 4.69) is 4.72 Å². The summed E-state index contributed by atoms with van der Waals surface area (Å²) in [4.78, 5) is -0.119. The Hall–Kier alpha value is -1.11. The van der Waals surface area contributed by atoms with E-state index in [1.807, 2.05) is 6.92 Å². The Labute approximate surface area is 95.1 Å². The quantitative estimate of drug-likeness (QED) is 0.724. The summed E-state index contributed by atoms with van der Waals surface area (Å²) in [6, 6.07) is 5.79. The van der Waals surface area contributed by atoms with E-state index >= 15 is 0 Å². The second kappa shape index (κ2) is 5.83. The van der Waals surface area contributed by atoms with Crippen LogP contribution in [0.5, 0.6) is 5.75 Å². The van der Waals surface area contributed by atoms with Gasteiger partial charge in [0.1, 0.15) is 10.6 Å². The molecule has 0 heterocycles. The van der Waals surface area contributed by atoms with Crippen molar-refractivity contribution in [3.05, 3.63) is 24.3 Å². The minimum absolute atomic E-state index is 0.119. The summed E-state index contributed by atoms with van der Waals surface area (Å²) in [5.74, 6) is -0.258. The molecule has 0 spiro atoms. The maximum Gasteiger partial charge on any atom is 0.244 e. The zero-order valence-electron chi connectivity index (χ0n) is 9.01. The number of phenols is 1. The molecule has 0 aliphatic heterocycles. The summed E-state index contributed by atoms with van der Waals surface area (Å²) < 4.78 is 30.7. The number of hydrogen-bond donors (Lipinski definition) is 2. The topological polar surface area (TPSA) is 75.6 Å². The molecule has 1 aromatic rings. The summed E-state index contributed by atoms with van der Waals surface area (Å²) in [7, 11) is -3.65. The fraction of sp³-hybridized carbons (Fsp3) is 0.400. The molecular formula is C10H15NO4S. The molecule has 0 bridgehead atoms. The summed E-state index contributed by atoms with van der Waals surface area (Å²) in [5, 5.41) is 9.40. The van der Waals surface area contributed by atoms with Crippen molar-refractivity contribution in [2.45, 2.75) is 11.8 Å². The first kappa shape index (κ1) is 13.0. The number of phenolic OH excluding ortho intramolecular Hbond substituents is 1. The molecule has 0 saturated heterocycles. The normalized spacial score (nSPS) is 11.6. The Morgan fingerprint density at radius 2 is 2.06 bits per heavy atom. The first-order valence-electron chi connectivity index (χ1n) is 4.93. The summed E-state index contributed by atoms with van der Waals surface area (Å²) >= 11 is 0. The highest BCUT2D eigenvalue weighted by Gasteiger charge is 2.16. The number of rotatable bonds is 6. The van der Waals surface area contributed by atoms with Crippen LogP contribution < -0.4 is 4.72 Å². The van der Waals surface area contributed by atoms with E-state index in [4.69, 9.17) is 4.74 Å². The van der Waals surface area contributed by atoms with Gasteiger partial charge in [0.05, 0.1) is 6.61 Å². The fourth-order valence-corrected chi connectivity index (χ4v) is 2.26. The highest BCUT2D eigenvalue weighted by atomic mass is 32.2. The predicted octanol–water partition coefficient (Wildman–Crippen LogP) is 0.707. The number of ether oxygens (including phenoxy) is 1. The van der Waals surface area contributed by atoms with E-state index in [0.29, 0.717) is 13.2 Å². The number of aromatic hydroxyl groups is 1. The Morgan fingerprint density at radius 1 is 1.38 bits per heavy atom. The largest absolute Gasteiger partial charge is 0.507 e. The Balaban J connectivity index is 2.68. The van der Waals surface area contributed by atoms with Crippen LogP contribution >= 0.6 is 0 Å². The average Bonchev–Trinajstić information content (AvgIpc) is 2.25. The Bertz CT molecular complexity index is 430. The molecule has 0 fully saturated rings. The minimum atomic E-state index is -3.65. The van der Waals surface area contributed by atoms with E-state index in [-0.39, 0.29) is 17.2 Å². The van der Waals surface area contributed by atoms with Gasteiger partial charge in [-0.05, 0) is 19.1 Å². The van der Waals surface area contributed by atoms with Crippen molar-refractivity contribution in [3.8, 4) is 5.75 Å². The van der Waals surface area contributed by atoms with Crippen molar-refractivity contribution < 1.29 is 18.3 Å². The summed E-state index contributed by atoms with van der Waals surface area (Å²) in [6.45, 7) is 2.86. The maximum absolute atomic E-state index is 11.7. The van der Waals surface area contributed by atoms with E-state index in [9.17, 15) is 13.5 Å². The van der Waals surface area contributed by atoms with Gasteiger partial charge in [-0.2, -0.15) is 0 Å². The van der Waals surface area contributed by atoms with Gasteiger partial charge in [0.2, 0.25) is 10.0 Å². The van der Waals surface area contributed by atoms with Crippen LogP contribution in [-0.4, -0.2) is 33.3 Å². The number of benzene rings is 1. The van der Waals surface area contributed by atoms with Gasteiger partial charge in [0, 0.05) is 13.2 Å². The van der Waals surface area contributed by atoms with Crippen LogP contribution in [0.1, 0.15) is 6.92 Å². The molecule has 0 aromatic heterocycles. The van der Waals surface area contributed by atoms with Crippen LogP contribution in [0.3, 0.4) is 0 Å². The van der Waals surface area contributed by atoms with Crippen LogP contribution in [0.25, 0.3) is 0 Å². The molecule has 0 aliphatic carbocycles. The third-order valence-corrected chi connectivity index (χ3v) is 3.41. The highest BCUT2D eigenvalue weighted by molar-refractivity contribution is 7.89. The summed E-state index contributed by atoms with van der Waals surface area (Å²) in [6.07, 6.45) is 0. The molecule has 0 unspecified atom stereocenters. The average molecular weight is 245 g/mol. The number of nitrogens with one attached hydrogen (secondary N) is 1. The summed E-state index contributed by atoms with van der Waals surface area (Å²) in [5.41, 5.74) is 0. The molecular weight excluding hydrogens is 230 g/mol. The molecule has 1 rings (SSSR count). The molecule has 90 valence electrons. The number of para-hydroxylation sites is 1. The lowest BCUT2D eigenvalue weighted by atomic mass is 10.3. The van der Waals surface area contributed by atoms with Gasteiger partial charge in [0.15, 0.2) is 0 Å². The highest BCUT2D eigenvalue weighted by Crippen LogP contribution is 2.20. The molecule has 0 atom stereocenters. The van der Waals surface area contributed by atoms with Gasteiger partial charge in [0.25, 0.3) is 0 Å². The first-order valence-corrected chi connectivity index (χ1v) is 6.41. The fourth-order valence-electron chi connectivity index (χ4n) is 1.15. The molecule has 5 nitrogen and oxygen atoms in total. The van der Waals surface area contributed by atoms with Crippen molar-refractivity contribution in [2.75, 3.05) is 19.8 Å². The van der Waals surface area contributed by atoms with Crippen molar-refractivity contribution in [2.24, 2.45) is 0 Å². The molecule has 0 radical (unpaired) electrons. The van der Waals surface area contributed by atoms with Gasteiger partial charge < -0.3 is 9.84 Å².